The first-order valence-corrected chi connectivity index (χ1v) is 5.08. The van der Waals surface area contributed by atoms with Gasteiger partial charge in [0.05, 0.1) is 5.69 Å². The Morgan fingerprint density at radius 3 is 2.76 bits per heavy atom. The van der Waals surface area contributed by atoms with E-state index in [2.05, 4.69) is 5.10 Å². The molecule has 0 aliphatic carbocycles. The van der Waals surface area contributed by atoms with E-state index in [1.807, 2.05) is 0 Å². The van der Waals surface area contributed by atoms with Gasteiger partial charge in [0.25, 0.3) is 0 Å². The average molecular weight is 234 g/mol. The molecule has 0 saturated heterocycles. The molecule has 0 amide bonds. The molecule has 0 spiro atoms. The van der Waals surface area contributed by atoms with Gasteiger partial charge in [-0.15, -0.1) is 0 Å². The van der Waals surface area contributed by atoms with Crippen LogP contribution in [0, 0.1) is 12.7 Å². The standard InChI is InChI=1S/C12H11FN2O2/c1-8-7-12(17-9(2)16)15(14-8)11-6-4-3-5-10(11)13/h3-7H,1-2H3. The molecule has 17 heavy (non-hydrogen) atoms. The topological polar surface area (TPSA) is 44.1 Å². The van der Waals surface area contributed by atoms with Crippen molar-refractivity contribution < 1.29 is 13.9 Å². The van der Waals surface area contributed by atoms with Gasteiger partial charge >= 0.3 is 5.97 Å². The summed E-state index contributed by atoms with van der Waals surface area (Å²) in [6.07, 6.45) is 0. The molecule has 0 aliphatic rings. The van der Waals surface area contributed by atoms with Crippen molar-refractivity contribution in [1.82, 2.24) is 9.78 Å². The largest absolute Gasteiger partial charge is 0.408 e. The minimum Gasteiger partial charge on any atom is -0.408 e. The lowest BCUT2D eigenvalue weighted by Gasteiger charge is -2.06. The molecule has 0 atom stereocenters. The first kappa shape index (κ1) is 11.3. The fourth-order valence-corrected chi connectivity index (χ4v) is 1.49. The number of para-hydroxylation sites is 1. The Balaban J connectivity index is 2.51. The van der Waals surface area contributed by atoms with Crippen molar-refractivity contribution in [1.29, 1.82) is 0 Å². The van der Waals surface area contributed by atoms with Crippen molar-refractivity contribution in [3.8, 4) is 11.6 Å². The van der Waals surface area contributed by atoms with E-state index in [4.69, 9.17) is 4.74 Å². The van der Waals surface area contributed by atoms with Crippen molar-refractivity contribution in [2.75, 3.05) is 0 Å². The molecule has 0 saturated carbocycles. The quantitative estimate of drug-likeness (QED) is 0.748. The van der Waals surface area contributed by atoms with Crippen LogP contribution < -0.4 is 4.74 Å². The molecule has 88 valence electrons. The van der Waals surface area contributed by atoms with E-state index in [0.29, 0.717) is 5.69 Å². The molecule has 0 N–H and O–H groups in total. The van der Waals surface area contributed by atoms with E-state index < -0.39 is 11.8 Å². The number of halogens is 1. The lowest BCUT2D eigenvalue weighted by molar-refractivity contribution is -0.132. The van der Waals surface area contributed by atoms with Crippen LogP contribution in [-0.2, 0) is 4.79 Å². The number of hydrogen-bond acceptors (Lipinski definition) is 3. The number of carbonyl (C=O) groups is 1. The third-order valence-corrected chi connectivity index (χ3v) is 2.13. The summed E-state index contributed by atoms with van der Waals surface area (Å²) in [6.45, 7) is 3.03. The van der Waals surface area contributed by atoms with Crippen LogP contribution >= 0.6 is 0 Å². The summed E-state index contributed by atoms with van der Waals surface area (Å²) in [5.41, 5.74) is 0.890. The number of esters is 1. The monoisotopic (exact) mass is 234 g/mol. The van der Waals surface area contributed by atoms with E-state index in [1.54, 1.807) is 31.2 Å². The van der Waals surface area contributed by atoms with Gasteiger partial charge in [-0.25, -0.2) is 4.39 Å². The van der Waals surface area contributed by atoms with Crippen molar-refractivity contribution in [2.45, 2.75) is 13.8 Å². The molecule has 4 nitrogen and oxygen atoms in total. The number of aryl methyl sites for hydroxylation is 1. The van der Waals surface area contributed by atoms with Gasteiger partial charge in [0.15, 0.2) is 0 Å². The molecule has 2 rings (SSSR count). The van der Waals surface area contributed by atoms with Crippen LogP contribution in [0.2, 0.25) is 0 Å². The highest BCUT2D eigenvalue weighted by Gasteiger charge is 2.13. The predicted octanol–water partition coefficient (Wildman–Crippen LogP) is 2.25. The van der Waals surface area contributed by atoms with Gasteiger partial charge in [0.1, 0.15) is 11.5 Å². The molecular weight excluding hydrogens is 223 g/mol. The van der Waals surface area contributed by atoms with Gasteiger partial charge in [-0.1, -0.05) is 12.1 Å². The summed E-state index contributed by atoms with van der Waals surface area (Å²) in [5, 5.41) is 4.09. The zero-order chi connectivity index (χ0) is 12.4. The maximum atomic E-state index is 13.6. The summed E-state index contributed by atoms with van der Waals surface area (Å²) >= 11 is 0. The Bertz CT molecular complexity index is 563. The molecular formula is C12H11FN2O2. The molecule has 0 bridgehead atoms. The third-order valence-electron chi connectivity index (χ3n) is 2.13. The number of rotatable bonds is 2. The number of ether oxygens (including phenoxy) is 1. The Kier molecular flexibility index (Phi) is 2.91. The molecule has 1 heterocycles. The molecule has 1 aromatic carbocycles. The van der Waals surface area contributed by atoms with Crippen molar-refractivity contribution in [3.63, 3.8) is 0 Å². The van der Waals surface area contributed by atoms with Gasteiger partial charge < -0.3 is 4.74 Å². The first-order chi connectivity index (χ1) is 8.08. The Hall–Kier alpha value is -2.17. The fraction of sp³-hybridized carbons (Fsp3) is 0.167. The lowest BCUT2D eigenvalue weighted by Crippen LogP contribution is -2.08. The Morgan fingerprint density at radius 2 is 2.12 bits per heavy atom. The zero-order valence-electron chi connectivity index (χ0n) is 9.48. The summed E-state index contributed by atoms with van der Waals surface area (Å²) in [7, 11) is 0. The Labute approximate surface area is 97.6 Å². The SMILES string of the molecule is CC(=O)Oc1cc(C)nn1-c1ccccc1F. The Morgan fingerprint density at radius 1 is 1.41 bits per heavy atom. The minimum atomic E-state index is -0.470. The van der Waals surface area contributed by atoms with Crippen LogP contribution in [0.3, 0.4) is 0 Å². The van der Waals surface area contributed by atoms with E-state index in [9.17, 15) is 9.18 Å². The lowest BCUT2D eigenvalue weighted by atomic mass is 10.3. The van der Waals surface area contributed by atoms with Gasteiger partial charge in [-0.2, -0.15) is 9.78 Å². The van der Waals surface area contributed by atoms with Crippen LogP contribution in [0.25, 0.3) is 5.69 Å². The highest BCUT2D eigenvalue weighted by molar-refractivity contribution is 5.69. The maximum absolute atomic E-state index is 13.6. The molecule has 2 aromatic rings. The second-order valence-corrected chi connectivity index (χ2v) is 3.58. The maximum Gasteiger partial charge on any atom is 0.309 e. The van der Waals surface area contributed by atoms with Crippen LogP contribution in [0.4, 0.5) is 4.39 Å². The number of benzene rings is 1. The highest BCUT2D eigenvalue weighted by atomic mass is 19.1. The van der Waals surface area contributed by atoms with Gasteiger partial charge in [-0.3, -0.25) is 4.79 Å². The zero-order valence-corrected chi connectivity index (χ0v) is 9.48. The summed E-state index contributed by atoms with van der Waals surface area (Å²) in [5.74, 6) is -0.688. The number of nitrogens with zero attached hydrogens (tertiary/aromatic N) is 2. The van der Waals surface area contributed by atoms with Crippen molar-refractivity contribution >= 4 is 5.97 Å². The molecule has 1 aromatic heterocycles. The highest BCUT2D eigenvalue weighted by Crippen LogP contribution is 2.21. The number of carbonyl (C=O) groups excluding carboxylic acids is 1. The molecule has 0 unspecified atom stereocenters. The predicted molar refractivity (Wildman–Crippen MR) is 59.6 cm³/mol. The number of hydrogen-bond donors (Lipinski definition) is 0. The molecule has 0 fully saturated rings. The van der Waals surface area contributed by atoms with Crippen LogP contribution in [0.5, 0.6) is 5.88 Å². The normalized spacial score (nSPS) is 10.3. The van der Waals surface area contributed by atoms with Gasteiger partial charge in [-0.05, 0) is 19.1 Å². The van der Waals surface area contributed by atoms with E-state index >= 15 is 0 Å². The molecule has 0 radical (unpaired) electrons. The van der Waals surface area contributed by atoms with Gasteiger partial charge in [0, 0.05) is 13.0 Å². The molecule has 0 aliphatic heterocycles. The van der Waals surface area contributed by atoms with Crippen molar-refractivity contribution in [2.24, 2.45) is 0 Å². The van der Waals surface area contributed by atoms with Crippen LogP contribution in [0.1, 0.15) is 12.6 Å². The van der Waals surface area contributed by atoms with E-state index in [1.165, 1.54) is 17.7 Å². The second kappa shape index (κ2) is 4.37. The summed E-state index contributed by atoms with van der Waals surface area (Å²) in [4.78, 5) is 10.9. The average Bonchev–Trinajstić information content (AvgIpc) is 2.59. The molecule has 5 heteroatoms. The van der Waals surface area contributed by atoms with Gasteiger partial charge in [0.2, 0.25) is 5.88 Å². The summed E-state index contributed by atoms with van der Waals surface area (Å²) in [6, 6.07) is 7.74. The minimum absolute atomic E-state index is 0.208. The second-order valence-electron chi connectivity index (χ2n) is 3.58. The van der Waals surface area contributed by atoms with Crippen molar-refractivity contribution in [3.05, 3.63) is 41.8 Å². The smallest absolute Gasteiger partial charge is 0.309 e. The summed E-state index contributed by atoms with van der Waals surface area (Å²) < 4.78 is 19.8. The van der Waals surface area contributed by atoms with E-state index in [0.717, 1.165) is 0 Å². The fourth-order valence-electron chi connectivity index (χ4n) is 1.49. The van der Waals surface area contributed by atoms with E-state index in [-0.39, 0.29) is 11.6 Å². The van der Waals surface area contributed by atoms with Crippen LogP contribution in [-0.4, -0.2) is 15.7 Å². The third kappa shape index (κ3) is 2.33. The number of aromatic nitrogens is 2. The van der Waals surface area contributed by atoms with Crippen LogP contribution in [0.15, 0.2) is 30.3 Å². The first-order valence-electron chi connectivity index (χ1n) is 5.08.